The van der Waals surface area contributed by atoms with Crippen molar-refractivity contribution in [1.82, 2.24) is 0 Å². The summed E-state index contributed by atoms with van der Waals surface area (Å²) >= 11 is 2.37. The SMILES string of the molecule is COCOc1cc(C)cc(C[SeH]=P)c1C(=O)OCC[Si](C)(C)C.CO[C@H](/C=C\C(C)[C@H]1OC(C)(C)O[C@H]1CCI)C(C)C.CO[C@H](/C=C\C(O)[C@H]1OC(C)(C)O[C@H]1C/C=C/c1cc(C)cc(C)c1C(=O)O)[C@H](C)O.[3H]C.[3H]C. The normalized spacial score (nSPS) is 21.1. The second-order valence-corrected chi connectivity index (χ2v) is 31.0. The number of methoxy groups -OCH3 is 3. The molecule has 4 rings (SSSR count). The smallest absolute Gasteiger partial charge is 0.336 e. The summed E-state index contributed by atoms with van der Waals surface area (Å²) < 4.78 is 63.3. The number of aromatic carboxylic acids is 1. The van der Waals surface area contributed by atoms with Gasteiger partial charge in [0.25, 0.3) is 0 Å². The van der Waals surface area contributed by atoms with Gasteiger partial charge in [0.05, 0.1) is 36.1 Å². The zero-order chi connectivity index (χ0) is 60.1. The fourth-order valence-corrected chi connectivity index (χ4v) is 11.6. The molecule has 2 aliphatic heterocycles. The van der Waals surface area contributed by atoms with Gasteiger partial charge in [-0.2, -0.15) is 0 Å². The van der Waals surface area contributed by atoms with Crippen molar-refractivity contribution >= 4 is 70.2 Å². The number of esters is 1. The van der Waals surface area contributed by atoms with Crippen LogP contribution in [0.2, 0.25) is 25.7 Å². The van der Waals surface area contributed by atoms with Gasteiger partial charge in [0.1, 0.15) is 18.3 Å². The van der Waals surface area contributed by atoms with E-state index in [-0.39, 0.29) is 50.7 Å². The van der Waals surface area contributed by atoms with Crippen LogP contribution < -0.4 is 4.74 Å². The number of rotatable bonds is 25. The molecule has 2 aliphatic rings. The molecule has 3 N–H and O–H groups in total. The van der Waals surface area contributed by atoms with Gasteiger partial charge in [-0.3, -0.25) is 0 Å². The zero-order valence-electron chi connectivity index (χ0n) is 51.2. The molecule has 0 aromatic heterocycles. The second kappa shape index (κ2) is 35.5. The zero-order valence-corrected chi connectivity index (χ0v) is 55.2. The van der Waals surface area contributed by atoms with E-state index in [0.29, 0.717) is 47.3 Å². The first-order chi connectivity index (χ1) is 36.5. The molecule has 76 heavy (non-hydrogen) atoms. The molecule has 18 heteroatoms. The number of aliphatic hydroxyl groups is 2. The van der Waals surface area contributed by atoms with Gasteiger partial charge in [0.15, 0.2) is 11.6 Å². The predicted molar refractivity (Wildman–Crippen MR) is 324 cm³/mol. The summed E-state index contributed by atoms with van der Waals surface area (Å²) in [6, 6.07) is 8.53. The van der Waals surface area contributed by atoms with Gasteiger partial charge < -0.3 is 43.7 Å². The van der Waals surface area contributed by atoms with Gasteiger partial charge in [-0.25, -0.2) is 4.79 Å². The Morgan fingerprint density at radius 2 is 1.42 bits per heavy atom. The maximum atomic E-state index is 12.6. The third-order valence-electron chi connectivity index (χ3n) is 12.1. The number of halogens is 1. The molecule has 2 heterocycles. The van der Waals surface area contributed by atoms with Crippen molar-refractivity contribution in [2.45, 2.75) is 195 Å². The van der Waals surface area contributed by atoms with Crippen LogP contribution in [0.25, 0.3) is 6.08 Å². The minimum Gasteiger partial charge on any atom is -0.478 e. The molecule has 9 atom stereocenters. The Morgan fingerprint density at radius 1 is 0.842 bits per heavy atom. The second-order valence-electron chi connectivity index (χ2n) is 21.4. The number of carboxylic acids is 1. The molecular weight excluding hydrogens is 1190 g/mol. The van der Waals surface area contributed by atoms with Crippen molar-refractivity contribution in [3.63, 3.8) is 0 Å². The maximum Gasteiger partial charge on any atom is 0.336 e. The minimum absolute atomic E-state index is 0.0294. The van der Waals surface area contributed by atoms with Crippen LogP contribution in [-0.4, -0.2) is 149 Å². The van der Waals surface area contributed by atoms with Crippen molar-refractivity contribution in [1.29, 1.82) is 0 Å². The summed E-state index contributed by atoms with van der Waals surface area (Å²) in [5.41, 5.74) is 5.16. The Balaban J connectivity index is 0.00000113. The first kappa shape index (κ1) is 69.9. The summed E-state index contributed by atoms with van der Waals surface area (Å²) in [5, 5.41) is 30.7. The number of aliphatic hydroxyl groups excluding tert-OH is 2. The molecule has 2 aromatic carbocycles. The fraction of sp³-hybridized carbons (Fsp3) is 0.655. The number of ether oxygens (including phenoxy) is 9. The summed E-state index contributed by atoms with van der Waals surface area (Å²) in [7, 11) is 9.66. The van der Waals surface area contributed by atoms with Crippen molar-refractivity contribution < 1.29 is 70.3 Å². The molecule has 2 fully saturated rings. The Bertz CT molecular complexity index is 2170. The van der Waals surface area contributed by atoms with Gasteiger partial charge in [-0.15, -0.1) is 0 Å². The Kier molecular flexibility index (Phi) is 32.7. The number of hydrogen-bond donors (Lipinski definition) is 3. The van der Waals surface area contributed by atoms with E-state index in [1.807, 2.05) is 58.0 Å². The topological polar surface area (TPSA) is 178 Å². The van der Waals surface area contributed by atoms with Crippen molar-refractivity contribution in [3.8, 4) is 5.75 Å². The monoisotopic (exact) mass is 1290 g/mol. The van der Waals surface area contributed by atoms with Gasteiger partial charge >= 0.3 is 154 Å². The molecule has 0 spiro atoms. The summed E-state index contributed by atoms with van der Waals surface area (Å²) in [6.07, 6.45) is 9.77. The average molecular weight is 1290 g/mol. The first-order valence-corrected chi connectivity index (χ1v) is 35.2. The summed E-state index contributed by atoms with van der Waals surface area (Å²) in [6.45, 7) is 28.7. The largest absolute Gasteiger partial charge is 0.478 e. The minimum atomic E-state index is -1.23. The molecule has 0 aliphatic carbocycles. The summed E-state index contributed by atoms with van der Waals surface area (Å²) in [5.74, 6) is -1.27. The molecule has 2 saturated heterocycles. The predicted octanol–water partition coefficient (Wildman–Crippen LogP) is 12.2. The van der Waals surface area contributed by atoms with Gasteiger partial charge in [-0.05, 0) is 78.4 Å². The Hall–Kier alpha value is -2.19. The van der Waals surface area contributed by atoms with E-state index in [9.17, 15) is 24.9 Å². The van der Waals surface area contributed by atoms with Gasteiger partial charge in [-0.1, -0.05) is 112 Å². The molecule has 0 amide bonds. The number of carbonyl (C=O) groups excluding carboxylic acids is 1. The standard InChI is InChI=1S/C24H34O7.C16H29IO3.C16H27O4PSeSi.2CH4/c1-14-12-15(2)21(23(27)28)17(13-14)8-7-9-20-22(31-24(4,5)30-20)18(26)10-11-19(29-6)16(3)25;1-11(2)13(18-6)8-7-12(3)15-14(9-10-17)19-16(4,5)20-15;1-12-8-13(10-22-21)15(14(9-12)20-11-18-2)16(17)19-6-7-23(3,4)5;;/h7-8,10-13,16,18-20,22,25-26H,9H2,1-6H3,(H,27,28);7-8,11-15H,9-10H2,1-6H3;8-9,21-22H,6-7,10-11H2,1-5H3;2*1H4/b8-7+,11-10-;8-7-;;;/t16-,18?,19+,20-,22+;12?,13-,14+,15-;;;/m01.../s1/i;;;2*1T. The number of aryl methyl sites for hydroxylation is 3. The van der Waals surface area contributed by atoms with Crippen LogP contribution in [0.15, 0.2) is 54.6 Å². The van der Waals surface area contributed by atoms with Gasteiger partial charge in [0.2, 0.25) is 0 Å². The fourth-order valence-electron chi connectivity index (χ4n) is 8.49. The van der Waals surface area contributed by atoms with Crippen molar-refractivity contribution in [2.75, 3.05) is 39.2 Å². The Morgan fingerprint density at radius 3 is 1.95 bits per heavy atom. The van der Waals surface area contributed by atoms with Crippen LogP contribution in [0.1, 0.15) is 134 Å². The van der Waals surface area contributed by atoms with Crippen molar-refractivity contribution in [2.24, 2.45) is 11.8 Å². The van der Waals surface area contributed by atoms with Crippen LogP contribution in [-0.2, 0) is 43.2 Å². The number of carboxylic acid groups (broad SMARTS) is 1. The number of hydrogen-bond acceptors (Lipinski definition) is 13. The van der Waals surface area contributed by atoms with Crippen LogP contribution in [0.4, 0.5) is 0 Å². The molecule has 0 saturated carbocycles. The van der Waals surface area contributed by atoms with Crippen LogP contribution in [0.5, 0.6) is 5.75 Å². The summed E-state index contributed by atoms with van der Waals surface area (Å²) in [4.78, 5) is 24.2. The number of alkyl halides is 1. The molecule has 0 bridgehead atoms. The molecule has 14 nitrogen and oxygen atoms in total. The average Bonchev–Trinajstić information content (AvgIpc) is 3.84. The van der Waals surface area contributed by atoms with E-state index in [1.165, 1.54) is 21.9 Å². The van der Waals surface area contributed by atoms with E-state index < -0.39 is 56.1 Å². The Labute approximate surface area is 483 Å². The van der Waals surface area contributed by atoms with Crippen LogP contribution in [0.3, 0.4) is 0 Å². The van der Waals surface area contributed by atoms with Crippen LogP contribution >= 0.6 is 30.1 Å². The number of benzene rings is 2. The van der Waals surface area contributed by atoms with Gasteiger partial charge in [0, 0.05) is 27.3 Å². The third-order valence-corrected chi connectivity index (χ3v) is 16.3. The molecular formula is C58H98IO14PSeSi. The molecule has 0 radical (unpaired) electrons. The van der Waals surface area contributed by atoms with E-state index >= 15 is 0 Å². The third kappa shape index (κ3) is 25.5. The van der Waals surface area contributed by atoms with E-state index in [4.69, 9.17) is 45.4 Å². The quantitative estimate of drug-likeness (QED) is 0.0163. The molecule has 436 valence electrons. The van der Waals surface area contributed by atoms with Crippen molar-refractivity contribution in [3.05, 3.63) is 93.6 Å². The van der Waals surface area contributed by atoms with E-state index in [1.54, 1.807) is 60.1 Å². The van der Waals surface area contributed by atoms with E-state index in [0.717, 1.165) is 38.9 Å². The molecule has 2 aromatic rings. The van der Waals surface area contributed by atoms with Crippen LogP contribution in [0, 0.1) is 32.6 Å². The van der Waals surface area contributed by atoms with E-state index in [2.05, 4.69) is 82.6 Å². The first-order valence-electron chi connectivity index (χ1n) is 27.4. The maximum absolute atomic E-state index is 12.6. The number of carbonyl (C=O) groups is 2. The molecule has 2 unspecified atom stereocenters.